The molecular formula is C22H15FN6. The standard InChI is InChI=1S/C22H15FN6/c23-19-11-16(5-6-17(19)15-12-25-26-13-15)27-22-18-3-1-2-4-20(18)28-21(29-22)14-7-9-24-10-8-14/h1-13H,(H,25,26)(H,27,28,29). The maximum absolute atomic E-state index is 14.7. The smallest absolute Gasteiger partial charge is 0.162 e. The van der Waals surface area contributed by atoms with E-state index in [1.54, 1.807) is 30.9 Å². The van der Waals surface area contributed by atoms with Crippen LogP contribution >= 0.6 is 0 Å². The number of hydrogen-bond acceptors (Lipinski definition) is 5. The van der Waals surface area contributed by atoms with E-state index in [4.69, 9.17) is 0 Å². The molecule has 7 heteroatoms. The van der Waals surface area contributed by atoms with E-state index in [1.165, 1.54) is 6.07 Å². The Labute approximate surface area is 165 Å². The first-order chi connectivity index (χ1) is 14.3. The second-order valence-electron chi connectivity index (χ2n) is 6.46. The summed E-state index contributed by atoms with van der Waals surface area (Å²) in [6.45, 7) is 0. The Morgan fingerprint density at radius 1 is 0.897 bits per heavy atom. The second kappa shape index (κ2) is 7.12. The lowest BCUT2D eigenvalue weighted by atomic mass is 10.1. The zero-order valence-corrected chi connectivity index (χ0v) is 15.2. The van der Waals surface area contributed by atoms with Crippen LogP contribution in [-0.2, 0) is 0 Å². The fourth-order valence-corrected chi connectivity index (χ4v) is 3.16. The van der Waals surface area contributed by atoms with Crippen molar-refractivity contribution in [3.63, 3.8) is 0 Å². The fraction of sp³-hybridized carbons (Fsp3) is 0. The lowest BCUT2D eigenvalue weighted by molar-refractivity contribution is 0.632. The molecule has 5 aromatic rings. The molecule has 140 valence electrons. The Morgan fingerprint density at radius 3 is 2.55 bits per heavy atom. The quantitative estimate of drug-likeness (QED) is 0.459. The molecule has 6 nitrogen and oxygen atoms in total. The highest BCUT2D eigenvalue weighted by molar-refractivity contribution is 5.92. The van der Waals surface area contributed by atoms with Crippen molar-refractivity contribution >= 4 is 22.4 Å². The summed E-state index contributed by atoms with van der Waals surface area (Å²) in [5.41, 5.74) is 3.43. The predicted molar refractivity (Wildman–Crippen MR) is 110 cm³/mol. The van der Waals surface area contributed by atoms with Crippen LogP contribution in [0.3, 0.4) is 0 Å². The van der Waals surface area contributed by atoms with Gasteiger partial charge >= 0.3 is 0 Å². The maximum Gasteiger partial charge on any atom is 0.162 e. The number of para-hydroxylation sites is 1. The largest absolute Gasteiger partial charge is 0.340 e. The summed E-state index contributed by atoms with van der Waals surface area (Å²) in [5.74, 6) is 0.839. The molecule has 0 fully saturated rings. The summed E-state index contributed by atoms with van der Waals surface area (Å²) in [7, 11) is 0. The average Bonchev–Trinajstić information content (AvgIpc) is 3.29. The van der Waals surface area contributed by atoms with Crippen LogP contribution in [0.1, 0.15) is 0 Å². The van der Waals surface area contributed by atoms with Crippen molar-refractivity contribution in [2.75, 3.05) is 5.32 Å². The van der Waals surface area contributed by atoms with Gasteiger partial charge in [0.2, 0.25) is 0 Å². The van der Waals surface area contributed by atoms with Crippen molar-refractivity contribution in [1.82, 2.24) is 25.1 Å². The summed E-state index contributed by atoms with van der Waals surface area (Å²) in [4.78, 5) is 13.4. The van der Waals surface area contributed by atoms with Crippen molar-refractivity contribution < 1.29 is 4.39 Å². The monoisotopic (exact) mass is 382 g/mol. The van der Waals surface area contributed by atoms with Crippen LogP contribution in [-0.4, -0.2) is 25.1 Å². The van der Waals surface area contributed by atoms with E-state index >= 15 is 0 Å². The highest BCUT2D eigenvalue weighted by Crippen LogP contribution is 2.29. The molecular weight excluding hydrogens is 367 g/mol. The minimum atomic E-state index is -0.343. The van der Waals surface area contributed by atoms with Crippen LogP contribution in [0.25, 0.3) is 33.4 Å². The molecule has 0 bridgehead atoms. The number of fused-ring (bicyclic) bond motifs is 1. The third-order valence-corrected chi connectivity index (χ3v) is 4.58. The first-order valence-corrected chi connectivity index (χ1v) is 9.01. The summed E-state index contributed by atoms with van der Waals surface area (Å²) in [6, 6.07) is 16.4. The minimum Gasteiger partial charge on any atom is -0.340 e. The van der Waals surface area contributed by atoms with Gasteiger partial charge in [-0.05, 0) is 42.5 Å². The van der Waals surface area contributed by atoms with E-state index in [2.05, 4.69) is 30.5 Å². The molecule has 29 heavy (non-hydrogen) atoms. The van der Waals surface area contributed by atoms with Gasteiger partial charge in [-0.15, -0.1) is 0 Å². The first kappa shape index (κ1) is 17.0. The Kier molecular flexibility index (Phi) is 4.18. The van der Waals surface area contributed by atoms with Gasteiger partial charge in [-0.25, -0.2) is 14.4 Å². The SMILES string of the molecule is Fc1cc(Nc2nc(-c3ccncc3)nc3ccccc23)ccc1-c1cn[nH]c1. The van der Waals surface area contributed by atoms with Gasteiger partial charge < -0.3 is 5.32 Å². The molecule has 0 aliphatic carbocycles. The van der Waals surface area contributed by atoms with E-state index in [0.29, 0.717) is 28.5 Å². The first-order valence-electron chi connectivity index (χ1n) is 9.01. The number of hydrogen-bond donors (Lipinski definition) is 2. The van der Waals surface area contributed by atoms with Crippen molar-refractivity contribution in [3.8, 4) is 22.5 Å². The lowest BCUT2D eigenvalue weighted by Gasteiger charge is -2.12. The molecule has 0 aliphatic rings. The van der Waals surface area contributed by atoms with Crippen LogP contribution in [0.5, 0.6) is 0 Å². The van der Waals surface area contributed by atoms with Crippen molar-refractivity contribution in [1.29, 1.82) is 0 Å². The van der Waals surface area contributed by atoms with E-state index in [0.717, 1.165) is 16.5 Å². The maximum atomic E-state index is 14.7. The molecule has 0 unspecified atom stereocenters. The van der Waals surface area contributed by atoms with Crippen LogP contribution in [0.2, 0.25) is 0 Å². The molecule has 0 atom stereocenters. The molecule has 0 radical (unpaired) electrons. The molecule has 3 heterocycles. The molecule has 0 aliphatic heterocycles. The third kappa shape index (κ3) is 3.29. The summed E-state index contributed by atoms with van der Waals surface area (Å²) in [5, 5.41) is 10.7. The van der Waals surface area contributed by atoms with Gasteiger partial charge in [-0.1, -0.05) is 12.1 Å². The van der Waals surface area contributed by atoms with Crippen LogP contribution in [0, 0.1) is 5.82 Å². The number of aromatic amines is 1. The molecule has 0 saturated carbocycles. The summed E-state index contributed by atoms with van der Waals surface area (Å²) < 4.78 is 14.7. The number of nitrogens with one attached hydrogen (secondary N) is 2. The molecule has 3 aromatic heterocycles. The third-order valence-electron chi connectivity index (χ3n) is 4.58. The summed E-state index contributed by atoms with van der Waals surface area (Å²) >= 11 is 0. The number of aromatic nitrogens is 5. The minimum absolute atomic E-state index is 0.343. The number of rotatable bonds is 4. The second-order valence-corrected chi connectivity index (χ2v) is 6.46. The Balaban J connectivity index is 1.57. The lowest BCUT2D eigenvalue weighted by Crippen LogP contribution is -2.00. The highest BCUT2D eigenvalue weighted by atomic mass is 19.1. The Morgan fingerprint density at radius 2 is 1.76 bits per heavy atom. The van der Waals surface area contributed by atoms with Crippen molar-refractivity contribution in [2.24, 2.45) is 0 Å². The van der Waals surface area contributed by atoms with Gasteiger partial charge in [0.25, 0.3) is 0 Å². The summed E-state index contributed by atoms with van der Waals surface area (Å²) in [6.07, 6.45) is 6.64. The van der Waals surface area contributed by atoms with Crippen molar-refractivity contribution in [3.05, 3.63) is 85.2 Å². The zero-order valence-electron chi connectivity index (χ0n) is 15.2. The molecule has 5 rings (SSSR count). The number of halogens is 1. The van der Waals surface area contributed by atoms with E-state index in [9.17, 15) is 4.39 Å². The average molecular weight is 382 g/mol. The van der Waals surface area contributed by atoms with Crippen LogP contribution in [0.15, 0.2) is 79.4 Å². The van der Waals surface area contributed by atoms with Gasteiger partial charge in [-0.3, -0.25) is 10.1 Å². The van der Waals surface area contributed by atoms with Crippen LogP contribution < -0.4 is 5.32 Å². The van der Waals surface area contributed by atoms with Crippen LogP contribution in [0.4, 0.5) is 15.9 Å². The number of anilines is 2. The number of H-pyrrole nitrogens is 1. The van der Waals surface area contributed by atoms with E-state index in [1.807, 2.05) is 42.5 Å². The van der Waals surface area contributed by atoms with Gasteiger partial charge in [0.15, 0.2) is 5.82 Å². The van der Waals surface area contributed by atoms with E-state index < -0.39 is 0 Å². The van der Waals surface area contributed by atoms with Gasteiger partial charge in [0, 0.05) is 46.4 Å². The molecule has 0 saturated heterocycles. The van der Waals surface area contributed by atoms with Gasteiger partial charge in [-0.2, -0.15) is 5.10 Å². The Hall–Kier alpha value is -4.13. The van der Waals surface area contributed by atoms with Gasteiger partial charge in [0.05, 0.1) is 11.7 Å². The Bertz CT molecular complexity index is 1290. The fourth-order valence-electron chi connectivity index (χ4n) is 3.16. The van der Waals surface area contributed by atoms with E-state index in [-0.39, 0.29) is 5.82 Å². The van der Waals surface area contributed by atoms with Crippen molar-refractivity contribution in [2.45, 2.75) is 0 Å². The number of benzene rings is 2. The molecule has 0 amide bonds. The predicted octanol–water partition coefficient (Wildman–Crippen LogP) is 4.96. The molecule has 2 N–H and O–H groups in total. The van der Waals surface area contributed by atoms with Gasteiger partial charge in [0.1, 0.15) is 11.6 Å². The normalized spacial score (nSPS) is 10.9. The number of pyridine rings is 1. The highest BCUT2D eigenvalue weighted by Gasteiger charge is 2.12. The topological polar surface area (TPSA) is 79.4 Å². The number of nitrogens with zero attached hydrogens (tertiary/aromatic N) is 4. The molecule has 0 spiro atoms. The zero-order chi connectivity index (χ0) is 19.6. The molecule has 2 aromatic carbocycles.